The van der Waals surface area contributed by atoms with Crippen molar-refractivity contribution >= 4 is 34.7 Å². The number of primary amides is 1. The number of carbonyl (C=O) groups is 1. The third-order valence-electron chi connectivity index (χ3n) is 4.34. The van der Waals surface area contributed by atoms with Crippen LogP contribution in [0, 0.1) is 17.5 Å². The van der Waals surface area contributed by atoms with Crippen LogP contribution < -0.4 is 16.4 Å². The summed E-state index contributed by atoms with van der Waals surface area (Å²) in [6.45, 7) is 5.64. The van der Waals surface area contributed by atoms with Crippen molar-refractivity contribution in [2.45, 2.75) is 53.1 Å². The first-order valence-electron chi connectivity index (χ1n) is 9.37. The van der Waals surface area contributed by atoms with Crippen molar-refractivity contribution in [2.24, 2.45) is 5.73 Å². The van der Waals surface area contributed by atoms with E-state index >= 15 is 0 Å². The average molecular weight is 437 g/mol. The van der Waals surface area contributed by atoms with Crippen molar-refractivity contribution in [3.8, 4) is 0 Å². The summed E-state index contributed by atoms with van der Waals surface area (Å²) in [7, 11) is 0. The molecule has 0 radical (unpaired) electrons. The molecule has 2 aromatic heterocycles. The first-order valence-corrected chi connectivity index (χ1v) is 9.37. The number of fused-ring (bicyclic) bond motifs is 1. The molecule has 0 aliphatic carbocycles. The highest BCUT2D eigenvalue weighted by molar-refractivity contribution is 5.77. The summed E-state index contributed by atoms with van der Waals surface area (Å²) in [6, 6.07) is 0.864. The molecule has 8 nitrogen and oxygen atoms in total. The van der Waals surface area contributed by atoms with E-state index in [-0.39, 0.29) is 31.9 Å². The summed E-state index contributed by atoms with van der Waals surface area (Å²) in [6.07, 6.45) is 1.93. The molecule has 4 N–H and O–H groups in total. The second-order valence-electron chi connectivity index (χ2n) is 7.23. The molecule has 1 aromatic carbocycles. The van der Waals surface area contributed by atoms with Gasteiger partial charge in [0.2, 0.25) is 17.8 Å². The summed E-state index contributed by atoms with van der Waals surface area (Å²) in [4.78, 5) is 24.2. The van der Waals surface area contributed by atoms with Gasteiger partial charge < -0.3 is 16.4 Å². The molecule has 1 amide bonds. The smallest absolute Gasteiger partial charge is 0.224 e. The molecule has 0 aliphatic rings. The van der Waals surface area contributed by atoms with Gasteiger partial charge in [0.1, 0.15) is 17.0 Å². The number of hydrogen-bond acceptors (Lipinski definition) is 6. The van der Waals surface area contributed by atoms with Gasteiger partial charge in [-0.05, 0) is 27.2 Å². The SMILES string of the molecule is C.CC(C)Nc1ncc2nc(Nc3c(F)cc(F)cc3F)n([C@@H](C)CCC(N)=O)c2n1. The molecule has 0 saturated carbocycles. The molecule has 0 bridgehead atoms. The number of anilines is 3. The molecule has 0 fully saturated rings. The number of rotatable bonds is 8. The van der Waals surface area contributed by atoms with E-state index in [4.69, 9.17) is 5.73 Å². The molecule has 0 aliphatic heterocycles. The van der Waals surface area contributed by atoms with Gasteiger partial charge in [-0.3, -0.25) is 9.36 Å². The minimum Gasteiger partial charge on any atom is -0.370 e. The normalized spacial score (nSPS) is 12.0. The number of benzene rings is 1. The van der Waals surface area contributed by atoms with Gasteiger partial charge in [0.15, 0.2) is 17.3 Å². The summed E-state index contributed by atoms with van der Waals surface area (Å²) in [5.41, 5.74) is 5.47. The topological polar surface area (TPSA) is 111 Å². The second kappa shape index (κ2) is 9.63. The van der Waals surface area contributed by atoms with E-state index < -0.39 is 29.0 Å². The third-order valence-corrected chi connectivity index (χ3v) is 4.34. The van der Waals surface area contributed by atoms with Crippen LogP contribution in [0.5, 0.6) is 0 Å². The minimum absolute atomic E-state index is 0. The lowest BCUT2D eigenvalue weighted by molar-refractivity contribution is -0.118. The van der Waals surface area contributed by atoms with Crippen molar-refractivity contribution in [1.29, 1.82) is 0 Å². The Morgan fingerprint density at radius 1 is 1.16 bits per heavy atom. The predicted octanol–water partition coefficient (Wildman–Crippen LogP) is 4.27. The summed E-state index contributed by atoms with van der Waals surface area (Å²) in [5, 5.41) is 5.66. The quantitative estimate of drug-likeness (QED) is 0.485. The van der Waals surface area contributed by atoms with Crippen LogP contribution in [0.3, 0.4) is 0 Å². The van der Waals surface area contributed by atoms with Gasteiger partial charge in [0.05, 0.1) is 6.20 Å². The van der Waals surface area contributed by atoms with E-state index in [2.05, 4.69) is 25.6 Å². The van der Waals surface area contributed by atoms with Gasteiger partial charge in [0, 0.05) is 30.6 Å². The van der Waals surface area contributed by atoms with Crippen molar-refractivity contribution < 1.29 is 18.0 Å². The monoisotopic (exact) mass is 437 g/mol. The van der Waals surface area contributed by atoms with Gasteiger partial charge in [-0.2, -0.15) is 4.98 Å². The predicted molar refractivity (Wildman–Crippen MR) is 114 cm³/mol. The van der Waals surface area contributed by atoms with Crippen LogP contribution in [-0.4, -0.2) is 31.5 Å². The highest BCUT2D eigenvalue weighted by Crippen LogP contribution is 2.30. The fourth-order valence-corrected chi connectivity index (χ4v) is 2.98. The fourth-order valence-electron chi connectivity index (χ4n) is 2.98. The van der Waals surface area contributed by atoms with E-state index in [9.17, 15) is 18.0 Å². The van der Waals surface area contributed by atoms with Crippen molar-refractivity contribution in [2.75, 3.05) is 10.6 Å². The van der Waals surface area contributed by atoms with Crippen molar-refractivity contribution in [3.05, 3.63) is 35.8 Å². The number of nitrogens with zero attached hydrogens (tertiary/aromatic N) is 4. The highest BCUT2D eigenvalue weighted by Gasteiger charge is 2.21. The van der Waals surface area contributed by atoms with E-state index in [1.54, 1.807) is 11.5 Å². The molecule has 3 aromatic rings. The minimum atomic E-state index is -1.11. The number of nitrogens with one attached hydrogen (secondary N) is 2. The van der Waals surface area contributed by atoms with Crippen LogP contribution in [0.15, 0.2) is 18.3 Å². The number of amides is 1. The Labute approximate surface area is 178 Å². The molecule has 1 atom stereocenters. The van der Waals surface area contributed by atoms with Gasteiger partial charge in [-0.25, -0.2) is 23.1 Å². The van der Waals surface area contributed by atoms with E-state index in [1.165, 1.54) is 6.20 Å². The van der Waals surface area contributed by atoms with Crippen LogP contribution in [-0.2, 0) is 4.79 Å². The average Bonchev–Trinajstić information content (AvgIpc) is 2.99. The Kier molecular flexibility index (Phi) is 7.42. The maximum atomic E-state index is 14.2. The molecule has 168 valence electrons. The van der Waals surface area contributed by atoms with Crippen LogP contribution in [0.1, 0.15) is 47.1 Å². The maximum Gasteiger partial charge on any atom is 0.224 e. The first-order chi connectivity index (χ1) is 14.2. The maximum absolute atomic E-state index is 14.2. The van der Waals surface area contributed by atoms with Crippen molar-refractivity contribution in [1.82, 2.24) is 19.5 Å². The Balaban J connectivity index is 0.00000341. The number of carbonyl (C=O) groups excluding carboxylic acids is 1. The molecule has 31 heavy (non-hydrogen) atoms. The molecule has 3 rings (SSSR count). The Hall–Kier alpha value is -3.37. The Bertz CT molecular complexity index is 1060. The van der Waals surface area contributed by atoms with Crippen LogP contribution in [0.2, 0.25) is 0 Å². The fraction of sp³-hybridized carbons (Fsp3) is 0.400. The van der Waals surface area contributed by atoms with Gasteiger partial charge >= 0.3 is 0 Å². The van der Waals surface area contributed by atoms with Gasteiger partial charge in [-0.1, -0.05) is 7.43 Å². The zero-order valence-electron chi connectivity index (χ0n) is 16.7. The van der Waals surface area contributed by atoms with Crippen LogP contribution in [0.4, 0.5) is 30.8 Å². The zero-order valence-corrected chi connectivity index (χ0v) is 16.7. The van der Waals surface area contributed by atoms with E-state index in [0.29, 0.717) is 35.7 Å². The first kappa shape index (κ1) is 23.9. The van der Waals surface area contributed by atoms with Gasteiger partial charge in [-0.15, -0.1) is 0 Å². The summed E-state index contributed by atoms with van der Waals surface area (Å²) in [5.74, 6) is -3.30. The summed E-state index contributed by atoms with van der Waals surface area (Å²) < 4.78 is 43.2. The van der Waals surface area contributed by atoms with Crippen LogP contribution >= 0.6 is 0 Å². The van der Waals surface area contributed by atoms with Gasteiger partial charge in [0.25, 0.3) is 0 Å². The molecule has 11 heteroatoms. The number of aromatic nitrogens is 4. The summed E-state index contributed by atoms with van der Waals surface area (Å²) >= 11 is 0. The number of nitrogens with two attached hydrogens (primary N) is 1. The lowest BCUT2D eigenvalue weighted by Crippen LogP contribution is -2.16. The highest BCUT2D eigenvalue weighted by atomic mass is 19.1. The number of imidazole rings is 1. The van der Waals surface area contributed by atoms with E-state index in [1.807, 2.05) is 13.8 Å². The molecular formula is C20H26F3N7O. The standard InChI is InChI=1S/C19H22F3N7O.CH4/c1-9(2)25-18-24-8-14-17(28-18)29(10(3)4-5-15(23)30)19(26-14)27-16-12(21)6-11(20)7-13(16)22;/h6-10H,4-5H2,1-3H3,(H2,23,30)(H,26,27)(H,24,25,28);1H4/t10-;/m0./s1. The molecule has 0 unspecified atom stereocenters. The molecule has 0 spiro atoms. The number of halogens is 3. The third kappa shape index (κ3) is 5.41. The Morgan fingerprint density at radius 2 is 1.81 bits per heavy atom. The lowest BCUT2D eigenvalue weighted by atomic mass is 10.2. The number of hydrogen-bond donors (Lipinski definition) is 3. The van der Waals surface area contributed by atoms with E-state index in [0.717, 1.165) is 0 Å². The Morgan fingerprint density at radius 3 is 2.39 bits per heavy atom. The molecular weight excluding hydrogens is 411 g/mol. The largest absolute Gasteiger partial charge is 0.370 e. The molecule has 2 heterocycles. The molecule has 0 saturated heterocycles. The lowest BCUT2D eigenvalue weighted by Gasteiger charge is -2.18. The van der Waals surface area contributed by atoms with Crippen LogP contribution in [0.25, 0.3) is 11.2 Å². The second-order valence-corrected chi connectivity index (χ2v) is 7.23. The zero-order chi connectivity index (χ0) is 22.0. The van der Waals surface area contributed by atoms with Crippen molar-refractivity contribution in [3.63, 3.8) is 0 Å².